The summed E-state index contributed by atoms with van der Waals surface area (Å²) in [5.41, 5.74) is 1.27. The van der Waals surface area contributed by atoms with Gasteiger partial charge in [0.25, 0.3) is 11.5 Å². The Bertz CT molecular complexity index is 692. The zero-order valence-electron chi connectivity index (χ0n) is 12.1. The molecule has 0 spiro atoms. The maximum Gasteiger partial charge on any atom is 0.251 e. The number of carbonyl (C=O) groups is 1. The molecule has 0 saturated carbocycles. The maximum atomic E-state index is 11.9. The van der Waals surface area contributed by atoms with E-state index in [2.05, 4.69) is 5.32 Å². The quantitative estimate of drug-likeness (QED) is 0.847. The second-order valence-corrected chi connectivity index (χ2v) is 4.79. The fraction of sp³-hybridized carbons (Fsp3) is 0.250. The van der Waals surface area contributed by atoms with Crippen LogP contribution in [0.4, 0.5) is 0 Å². The van der Waals surface area contributed by atoms with Gasteiger partial charge >= 0.3 is 0 Å². The van der Waals surface area contributed by atoms with Crippen LogP contribution in [0.25, 0.3) is 0 Å². The highest BCUT2D eigenvalue weighted by molar-refractivity contribution is 5.93. The summed E-state index contributed by atoms with van der Waals surface area (Å²) >= 11 is 0. The Morgan fingerprint density at radius 3 is 2.81 bits per heavy atom. The Balaban J connectivity index is 1.81. The summed E-state index contributed by atoms with van der Waals surface area (Å²) in [6, 6.07) is 10.6. The molecule has 5 nitrogen and oxygen atoms in total. The number of amides is 1. The van der Waals surface area contributed by atoms with Crippen molar-refractivity contribution in [1.82, 2.24) is 9.88 Å². The van der Waals surface area contributed by atoms with Gasteiger partial charge in [0.1, 0.15) is 12.4 Å². The number of hydrogen-bond donors (Lipinski definition) is 1. The molecule has 0 fully saturated rings. The molecule has 0 unspecified atom stereocenters. The molecule has 0 atom stereocenters. The van der Waals surface area contributed by atoms with Crippen molar-refractivity contribution in [3.63, 3.8) is 0 Å². The first-order valence-electron chi connectivity index (χ1n) is 6.70. The fourth-order valence-electron chi connectivity index (χ4n) is 1.83. The van der Waals surface area contributed by atoms with Crippen molar-refractivity contribution in [2.24, 2.45) is 7.05 Å². The monoisotopic (exact) mass is 286 g/mol. The smallest absolute Gasteiger partial charge is 0.251 e. The van der Waals surface area contributed by atoms with Crippen LogP contribution in [-0.2, 0) is 7.05 Å². The number of pyridine rings is 1. The first kappa shape index (κ1) is 14.8. The standard InChI is InChI=1S/C16H18N2O3/c1-12-4-3-5-14(10-12)21-9-7-17-16(20)13-6-8-18(2)15(19)11-13/h3-6,8,10-11H,7,9H2,1-2H3,(H,17,20). The topological polar surface area (TPSA) is 60.3 Å². The summed E-state index contributed by atoms with van der Waals surface area (Å²) in [6.45, 7) is 2.74. The molecule has 110 valence electrons. The van der Waals surface area contributed by atoms with E-state index in [-0.39, 0.29) is 11.5 Å². The summed E-state index contributed by atoms with van der Waals surface area (Å²) in [4.78, 5) is 23.3. The summed E-state index contributed by atoms with van der Waals surface area (Å²) in [6.07, 6.45) is 1.57. The summed E-state index contributed by atoms with van der Waals surface area (Å²) in [5, 5.41) is 2.72. The van der Waals surface area contributed by atoms with Crippen molar-refractivity contribution in [3.8, 4) is 5.75 Å². The number of rotatable bonds is 5. The Morgan fingerprint density at radius 2 is 2.10 bits per heavy atom. The Hall–Kier alpha value is -2.56. The van der Waals surface area contributed by atoms with E-state index in [1.807, 2.05) is 31.2 Å². The molecule has 1 aromatic heterocycles. The molecule has 2 aromatic rings. The Morgan fingerprint density at radius 1 is 1.29 bits per heavy atom. The van der Waals surface area contributed by atoms with Crippen LogP contribution in [0.1, 0.15) is 15.9 Å². The molecule has 0 aliphatic heterocycles. The second-order valence-electron chi connectivity index (χ2n) is 4.79. The molecule has 0 aliphatic rings. The predicted octanol–water partition coefficient (Wildman–Crippen LogP) is 1.50. The van der Waals surface area contributed by atoms with Crippen LogP contribution in [0.5, 0.6) is 5.75 Å². The lowest BCUT2D eigenvalue weighted by molar-refractivity contribution is 0.0946. The normalized spacial score (nSPS) is 10.2. The van der Waals surface area contributed by atoms with Crippen molar-refractivity contribution in [1.29, 1.82) is 0 Å². The molecule has 5 heteroatoms. The second kappa shape index (κ2) is 6.74. The lowest BCUT2D eigenvalue weighted by atomic mass is 10.2. The van der Waals surface area contributed by atoms with Crippen LogP contribution in [-0.4, -0.2) is 23.6 Å². The summed E-state index contributed by atoms with van der Waals surface area (Å²) < 4.78 is 6.95. The van der Waals surface area contributed by atoms with Crippen LogP contribution >= 0.6 is 0 Å². The number of benzene rings is 1. The average molecular weight is 286 g/mol. The van der Waals surface area contributed by atoms with Gasteiger partial charge in [-0.15, -0.1) is 0 Å². The van der Waals surface area contributed by atoms with Gasteiger partial charge in [0.05, 0.1) is 6.54 Å². The molecule has 0 aliphatic carbocycles. The number of nitrogens with one attached hydrogen (secondary N) is 1. The highest BCUT2D eigenvalue weighted by Gasteiger charge is 2.06. The van der Waals surface area contributed by atoms with Gasteiger partial charge in [0, 0.05) is 24.9 Å². The van der Waals surface area contributed by atoms with E-state index in [0.717, 1.165) is 11.3 Å². The zero-order chi connectivity index (χ0) is 15.2. The molecule has 0 bridgehead atoms. The van der Waals surface area contributed by atoms with E-state index in [1.165, 1.54) is 10.6 Å². The molecule has 0 radical (unpaired) electrons. The van der Waals surface area contributed by atoms with Crippen LogP contribution in [0, 0.1) is 6.92 Å². The Kier molecular flexibility index (Phi) is 4.77. The first-order chi connectivity index (χ1) is 10.1. The van der Waals surface area contributed by atoms with Crippen molar-refractivity contribution in [2.45, 2.75) is 6.92 Å². The van der Waals surface area contributed by atoms with Gasteiger partial charge in [-0.2, -0.15) is 0 Å². The SMILES string of the molecule is Cc1cccc(OCCNC(=O)c2ccn(C)c(=O)c2)c1. The number of aryl methyl sites for hydroxylation is 2. The number of ether oxygens (including phenoxy) is 1. The molecule has 2 rings (SSSR count). The van der Waals surface area contributed by atoms with Crippen molar-refractivity contribution in [2.75, 3.05) is 13.2 Å². The maximum absolute atomic E-state index is 11.9. The van der Waals surface area contributed by atoms with Crippen LogP contribution in [0.15, 0.2) is 47.4 Å². The van der Waals surface area contributed by atoms with Gasteiger partial charge in [-0.1, -0.05) is 12.1 Å². The van der Waals surface area contributed by atoms with Gasteiger partial charge < -0.3 is 14.6 Å². The predicted molar refractivity (Wildman–Crippen MR) is 80.7 cm³/mol. The number of aromatic nitrogens is 1. The third kappa shape index (κ3) is 4.21. The van der Waals surface area contributed by atoms with E-state index in [4.69, 9.17) is 4.74 Å². The van der Waals surface area contributed by atoms with E-state index in [9.17, 15) is 9.59 Å². The molecular formula is C16H18N2O3. The van der Waals surface area contributed by atoms with Gasteiger partial charge in [0.15, 0.2) is 0 Å². The van der Waals surface area contributed by atoms with Crippen molar-refractivity contribution < 1.29 is 9.53 Å². The van der Waals surface area contributed by atoms with Crippen LogP contribution < -0.4 is 15.6 Å². The van der Waals surface area contributed by atoms with Gasteiger partial charge in [0.2, 0.25) is 0 Å². The van der Waals surface area contributed by atoms with Gasteiger partial charge in [-0.3, -0.25) is 9.59 Å². The molecule has 0 saturated heterocycles. The number of nitrogens with zero attached hydrogens (tertiary/aromatic N) is 1. The minimum Gasteiger partial charge on any atom is -0.492 e. The average Bonchev–Trinajstić information content (AvgIpc) is 2.46. The van der Waals surface area contributed by atoms with E-state index in [1.54, 1.807) is 19.3 Å². The highest BCUT2D eigenvalue weighted by atomic mass is 16.5. The molecule has 21 heavy (non-hydrogen) atoms. The fourth-order valence-corrected chi connectivity index (χ4v) is 1.83. The van der Waals surface area contributed by atoms with Crippen LogP contribution in [0.2, 0.25) is 0 Å². The van der Waals surface area contributed by atoms with E-state index < -0.39 is 0 Å². The first-order valence-corrected chi connectivity index (χ1v) is 6.70. The largest absolute Gasteiger partial charge is 0.492 e. The Labute approximate surface area is 123 Å². The lowest BCUT2D eigenvalue weighted by Crippen LogP contribution is -2.29. The van der Waals surface area contributed by atoms with Gasteiger partial charge in [-0.25, -0.2) is 0 Å². The van der Waals surface area contributed by atoms with Gasteiger partial charge in [-0.05, 0) is 30.7 Å². The number of carbonyl (C=O) groups excluding carboxylic acids is 1. The number of hydrogen-bond acceptors (Lipinski definition) is 3. The minimum absolute atomic E-state index is 0.210. The van der Waals surface area contributed by atoms with Crippen LogP contribution in [0.3, 0.4) is 0 Å². The molecule has 1 N–H and O–H groups in total. The zero-order valence-corrected chi connectivity index (χ0v) is 12.1. The van der Waals surface area contributed by atoms with E-state index >= 15 is 0 Å². The van der Waals surface area contributed by atoms with E-state index in [0.29, 0.717) is 18.7 Å². The third-order valence-electron chi connectivity index (χ3n) is 3.01. The summed E-state index contributed by atoms with van der Waals surface area (Å²) in [7, 11) is 1.64. The lowest BCUT2D eigenvalue weighted by Gasteiger charge is -2.08. The molecule has 1 amide bonds. The molecular weight excluding hydrogens is 268 g/mol. The van der Waals surface area contributed by atoms with Crippen molar-refractivity contribution >= 4 is 5.91 Å². The minimum atomic E-state index is -0.277. The molecule has 1 heterocycles. The van der Waals surface area contributed by atoms with Crippen molar-refractivity contribution in [3.05, 3.63) is 64.1 Å². The summed E-state index contributed by atoms with van der Waals surface area (Å²) in [5.74, 6) is 0.498. The third-order valence-corrected chi connectivity index (χ3v) is 3.01. The molecule has 1 aromatic carbocycles. The highest BCUT2D eigenvalue weighted by Crippen LogP contribution is 2.11.